The van der Waals surface area contributed by atoms with E-state index < -0.39 is 0 Å². The van der Waals surface area contributed by atoms with Gasteiger partial charge in [-0.3, -0.25) is 4.79 Å². The maximum Gasteiger partial charge on any atom is 0.167 e. The summed E-state index contributed by atoms with van der Waals surface area (Å²) in [5.74, 6) is -0.0543. The van der Waals surface area contributed by atoms with E-state index in [4.69, 9.17) is 0 Å². The van der Waals surface area contributed by atoms with Gasteiger partial charge in [0.1, 0.15) is 0 Å². The van der Waals surface area contributed by atoms with Gasteiger partial charge in [-0.15, -0.1) is 0 Å². The van der Waals surface area contributed by atoms with Crippen LogP contribution in [0.5, 0.6) is 0 Å². The molecule has 102 valence electrons. The van der Waals surface area contributed by atoms with Gasteiger partial charge in [0.05, 0.1) is 5.92 Å². The molecule has 0 amide bonds. The van der Waals surface area contributed by atoms with Crippen molar-refractivity contribution in [1.29, 1.82) is 0 Å². The van der Waals surface area contributed by atoms with Gasteiger partial charge in [-0.25, -0.2) is 0 Å². The Labute approximate surface area is 121 Å². The summed E-state index contributed by atoms with van der Waals surface area (Å²) >= 11 is 0. The predicted octanol–water partition coefficient (Wildman–Crippen LogP) is 4.74. The van der Waals surface area contributed by atoms with Crippen LogP contribution < -0.4 is 0 Å². The van der Waals surface area contributed by atoms with E-state index in [1.807, 2.05) is 66.7 Å². The fourth-order valence-corrected chi connectivity index (χ4v) is 2.27. The van der Waals surface area contributed by atoms with Crippen LogP contribution in [0.2, 0.25) is 0 Å². The van der Waals surface area contributed by atoms with Gasteiger partial charge in [0.2, 0.25) is 0 Å². The number of carbonyl (C=O) groups is 1. The first-order valence-electron chi connectivity index (χ1n) is 7.13. The molecule has 20 heavy (non-hydrogen) atoms. The molecule has 0 spiro atoms. The lowest BCUT2D eigenvalue weighted by atomic mass is 9.87. The maximum absolute atomic E-state index is 12.5. The summed E-state index contributed by atoms with van der Waals surface area (Å²) < 4.78 is 0. The average molecular weight is 264 g/mol. The first-order chi connectivity index (χ1) is 9.83. The van der Waals surface area contributed by atoms with Crippen LogP contribution in [-0.4, -0.2) is 5.78 Å². The number of hydrogen-bond donors (Lipinski definition) is 0. The van der Waals surface area contributed by atoms with Crippen LogP contribution in [0.1, 0.15) is 36.8 Å². The Balaban J connectivity index is 2.33. The fraction of sp³-hybridized carbons (Fsp3) is 0.211. The Kier molecular flexibility index (Phi) is 5.31. The van der Waals surface area contributed by atoms with Gasteiger partial charge in [-0.1, -0.05) is 80.1 Å². The second-order valence-corrected chi connectivity index (χ2v) is 4.85. The molecule has 2 aromatic rings. The summed E-state index contributed by atoms with van der Waals surface area (Å²) in [6.45, 7) is 2.11. The van der Waals surface area contributed by atoms with Crippen molar-refractivity contribution in [2.24, 2.45) is 0 Å². The molecule has 0 aliphatic carbocycles. The Morgan fingerprint density at radius 3 is 1.90 bits per heavy atom. The highest BCUT2D eigenvalue weighted by molar-refractivity contribution is 5.97. The van der Waals surface area contributed by atoms with Gasteiger partial charge in [-0.05, 0) is 23.6 Å². The summed E-state index contributed by atoms with van der Waals surface area (Å²) in [6.07, 6.45) is 5.71. The third-order valence-corrected chi connectivity index (χ3v) is 3.29. The molecule has 0 saturated heterocycles. The molecule has 1 nitrogen and oxygen atoms in total. The molecule has 0 unspecified atom stereocenters. The smallest absolute Gasteiger partial charge is 0.167 e. The van der Waals surface area contributed by atoms with Gasteiger partial charge < -0.3 is 0 Å². The van der Waals surface area contributed by atoms with Gasteiger partial charge in [0.25, 0.3) is 0 Å². The van der Waals surface area contributed by atoms with Gasteiger partial charge in [0, 0.05) is 0 Å². The largest absolute Gasteiger partial charge is 0.294 e. The molecule has 0 atom stereocenters. The lowest BCUT2D eigenvalue weighted by Crippen LogP contribution is -2.11. The molecular formula is C19H20O. The monoisotopic (exact) mass is 264 g/mol. The highest BCUT2D eigenvalue weighted by Crippen LogP contribution is 2.25. The van der Waals surface area contributed by atoms with Gasteiger partial charge in [-0.2, -0.15) is 0 Å². The van der Waals surface area contributed by atoms with Crippen LogP contribution in [0.15, 0.2) is 72.8 Å². The standard InChI is InChI=1S/C19H20O/c1-2-3-6-15-18(20)19(16-11-7-4-8-12-16)17-13-9-5-10-14-17/h4-15,19H,2-3H2,1H3. The van der Waals surface area contributed by atoms with E-state index in [9.17, 15) is 4.79 Å². The Bertz CT molecular complexity index is 515. The minimum atomic E-state index is -0.203. The van der Waals surface area contributed by atoms with Gasteiger partial charge >= 0.3 is 0 Å². The summed E-state index contributed by atoms with van der Waals surface area (Å²) in [5.41, 5.74) is 2.09. The number of ketones is 1. The second-order valence-electron chi connectivity index (χ2n) is 4.85. The van der Waals surface area contributed by atoms with Crippen LogP contribution in [0.25, 0.3) is 0 Å². The molecule has 0 bridgehead atoms. The number of benzene rings is 2. The lowest BCUT2D eigenvalue weighted by molar-refractivity contribution is -0.115. The van der Waals surface area contributed by atoms with Crippen molar-refractivity contribution in [2.45, 2.75) is 25.7 Å². The van der Waals surface area contributed by atoms with Crippen LogP contribution in [0.4, 0.5) is 0 Å². The van der Waals surface area contributed by atoms with E-state index in [-0.39, 0.29) is 11.7 Å². The molecule has 0 aromatic heterocycles. The Morgan fingerprint density at radius 2 is 1.45 bits per heavy atom. The Morgan fingerprint density at radius 1 is 0.950 bits per heavy atom. The van der Waals surface area contributed by atoms with Crippen molar-refractivity contribution in [3.8, 4) is 0 Å². The zero-order valence-corrected chi connectivity index (χ0v) is 11.8. The molecule has 0 N–H and O–H groups in total. The first kappa shape index (κ1) is 14.3. The third-order valence-electron chi connectivity index (χ3n) is 3.29. The molecule has 1 heteroatoms. The molecule has 2 rings (SSSR count). The van der Waals surface area contributed by atoms with Crippen LogP contribution in [-0.2, 0) is 4.79 Å². The SMILES string of the molecule is CCCC=CC(=O)C(c1ccccc1)c1ccccc1. The average Bonchev–Trinajstić information content (AvgIpc) is 2.50. The van der Waals surface area contributed by atoms with Crippen molar-refractivity contribution < 1.29 is 4.79 Å². The molecule has 0 heterocycles. The van der Waals surface area contributed by atoms with Crippen LogP contribution >= 0.6 is 0 Å². The second kappa shape index (κ2) is 7.44. The molecule has 0 aliphatic heterocycles. The van der Waals surface area contributed by atoms with E-state index in [2.05, 4.69) is 6.92 Å². The van der Waals surface area contributed by atoms with E-state index in [0.29, 0.717) is 0 Å². The van der Waals surface area contributed by atoms with E-state index in [1.165, 1.54) is 0 Å². The molecule has 0 saturated carbocycles. The molecule has 0 aliphatic rings. The van der Waals surface area contributed by atoms with Crippen LogP contribution in [0, 0.1) is 0 Å². The van der Waals surface area contributed by atoms with Crippen molar-refractivity contribution >= 4 is 5.78 Å². The Hall–Kier alpha value is -2.15. The van der Waals surface area contributed by atoms with Crippen molar-refractivity contribution in [1.82, 2.24) is 0 Å². The van der Waals surface area contributed by atoms with Crippen LogP contribution in [0.3, 0.4) is 0 Å². The zero-order chi connectivity index (χ0) is 14.2. The van der Waals surface area contributed by atoms with Crippen molar-refractivity contribution in [3.63, 3.8) is 0 Å². The van der Waals surface area contributed by atoms with Crippen molar-refractivity contribution in [2.75, 3.05) is 0 Å². The molecule has 2 aromatic carbocycles. The number of rotatable bonds is 6. The number of allylic oxidation sites excluding steroid dienone is 2. The van der Waals surface area contributed by atoms with Gasteiger partial charge in [0.15, 0.2) is 5.78 Å². The van der Waals surface area contributed by atoms with E-state index >= 15 is 0 Å². The first-order valence-corrected chi connectivity index (χ1v) is 7.13. The summed E-state index contributed by atoms with van der Waals surface area (Å²) in [5, 5.41) is 0. The van der Waals surface area contributed by atoms with Crippen molar-refractivity contribution in [3.05, 3.63) is 83.9 Å². The minimum absolute atomic E-state index is 0.149. The molecule has 0 fully saturated rings. The minimum Gasteiger partial charge on any atom is -0.294 e. The lowest BCUT2D eigenvalue weighted by Gasteiger charge is -2.15. The highest BCUT2D eigenvalue weighted by atomic mass is 16.1. The third kappa shape index (κ3) is 3.67. The fourth-order valence-electron chi connectivity index (χ4n) is 2.27. The quantitative estimate of drug-likeness (QED) is 0.688. The normalized spacial score (nSPS) is 11.1. The zero-order valence-electron chi connectivity index (χ0n) is 11.8. The maximum atomic E-state index is 12.5. The number of hydrogen-bond acceptors (Lipinski definition) is 1. The highest BCUT2D eigenvalue weighted by Gasteiger charge is 2.19. The molecule has 0 radical (unpaired) electrons. The summed E-state index contributed by atoms with van der Waals surface area (Å²) in [6, 6.07) is 19.9. The topological polar surface area (TPSA) is 17.1 Å². The molecular weight excluding hydrogens is 244 g/mol. The number of carbonyl (C=O) groups excluding carboxylic acids is 1. The summed E-state index contributed by atoms with van der Waals surface area (Å²) in [4.78, 5) is 12.5. The number of unbranched alkanes of at least 4 members (excludes halogenated alkanes) is 1. The summed E-state index contributed by atoms with van der Waals surface area (Å²) in [7, 11) is 0. The van der Waals surface area contributed by atoms with E-state index in [0.717, 1.165) is 24.0 Å². The van der Waals surface area contributed by atoms with E-state index in [1.54, 1.807) is 6.08 Å². The predicted molar refractivity (Wildman–Crippen MR) is 83.8 cm³/mol.